The molecule has 1 fully saturated rings. The first-order valence-corrected chi connectivity index (χ1v) is 6.65. The standard InChI is InChI=1S/C15H19NO4/c1-16(13(12-8-9-12)14(17)19-2)15(18)20-10-11-6-4-3-5-7-11/h3-7,12-13H,8-10H2,1-2H3. The van der Waals surface area contributed by atoms with Crippen molar-refractivity contribution in [2.75, 3.05) is 14.2 Å². The van der Waals surface area contributed by atoms with E-state index in [9.17, 15) is 9.59 Å². The van der Waals surface area contributed by atoms with E-state index < -0.39 is 12.1 Å². The molecule has 0 spiro atoms. The first kappa shape index (κ1) is 14.4. The smallest absolute Gasteiger partial charge is 0.410 e. The zero-order chi connectivity index (χ0) is 14.5. The van der Waals surface area contributed by atoms with E-state index in [0.29, 0.717) is 0 Å². The van der Waals surface area contributed by atoms with Crippen LogP contribution in [0.5, 0.6) is 0 Å². The summed E-state index contributed by atoms with van der Waals surface area (Å²) < 4.78 is 9.98. The highest BCUT2D eigenvalue weighted by Crippen LogP contribution is 2.35. The Bertz CT molecular complexity index is 470. The first-order chi connectivity index (χ1) is 9.63. The van der Waals surface area contributed by atoms with Crippen molar-refractivity contribution < 1.29 is 19.1 Å². The molecule has 0 aliphatic heterocycles. The van der Waals surface area contributed by atoms with E-state index in [0.717, 1.165) is 18.4 Å². The van der Waals surface area contributed by atoms with Crippen LogP contribution in [0.4, 0.5) is 4.79 Å². The van der Waals surface area contributed by atoms with Crippen LogP contribution in [0.15, 0.2) is 30.3 Å². The van der Waals surface area contributed by atoms with Gasteiger partial charge in [0.1, 0.15) is 12.6 Å². The van der Waals surface area contributed by atoms with E-state index in [2.05, 4.69) is 0 Å². The molecule has 1 atom stereocenters. The van der Waals surface area contributed by atoms with Crippen molar-refractivity contribution in [2.24, 2.45) is 5.92 Å². The van der Waals surface area contributed by atoms with Gasteiger partial charge in [0.05, 0.1) is 7.11 Å². The van der Waals surface area contributed by atoms with Crippen molar-refractivity contribution in [3.63, 3.8) is 0 Å². The number of rotatable bonds is 5. The number of likely N-dealkylation sites (N-methyl/N-ethyl adjacent to an activating group) is 1. The molecular formula is C15H19NO4. The lowest BCUT2D eigenvalue weighted by molar-refractivity contribution is -0.146. The van der Waals surface area contributed by atoms with Crippen LogP contribution in [0.3, 0.4) is 0 Å². The number of hydrogen-bond acceptors (Lipinski definition) is 4. The third kappa shape index (κ3) is 3.50. The summed E-state index contributed by atoms with van der Waals surface area (Å²) in [5, 5.41) is 0. The Morgan fingerprint density at radius 2 is 1.95 bits per heavy atom. The topological polar surface area (TPSA) is 55.8 Å². The Kier molecular flexibility index (Phi) is 4.61. The van der Waals surface area contributed by atoms with Crippen LogP contribution >= 0.6 is 0 Å². The van der Waals surface area contributed by atoms with Crippen molar-refractivity contribution in [3.8, 4) is 0 Å². The fraction of sp³-hybridized carbons (Fsp3) is 0.467. The molecule has 1 saturated carbocycles. The highest BCUT2D eigenvalue weighted by molar-refractivity contribution is 5.81. The third-order valence-corrected chi connectivity index (χ3v) is 3.42. The first-order valence-electron chi connectivity index (χ1n) is 6.65. The molecule has 1 unspecified atom stereocenters. The normalized spacial score (nSPS) is 15.3. The summed E-state index contributed by atoms with van der Waals surface area (Å²) in [4.78, 5) is 25.1. The molecule has 0 aromatic heterocycles. The molecule has 1 aliphatic rings. The Balaban J connectivity index is 1.91. The molecule has 1 aliphatic carbocycles. The van der Waals surface area contributed by atoms with Gasteiger partial charge in [-0.25, -0.2) is 9.59 Å². The molecule has 0 heterocycles. The number of ether oxygens (including phenoxy) is 2. The van der Waals surface area contributed by atoms with E-state index in [1.165, 1.54) is 12.0 Å². The lowest BCUT2D eigenvalue weighted by atomic mass is 10.1. The van der Waals surface area contributed by atoms with Gasteiger partial charge in [0.25, 0.3) is 0 Å². The van der Waals surface area contributed by atoms with E-state index >= 15 is 0 Å². The zero-order valence-corrected chi connectivity index (χ0v) is 11.7. The molecular weight excluding hydrogens is 258 g/mol. The van der Waals surface area contributed by atoms with E-state index in [1.807, 2.05) is 30.3 Å². The average molecular weight is 277 g/mol. The molecule has 1 amide bonds. The number of carbonyl (C=O) groups is 2. The minimum absolute atomic E-state index is 0.191. The minimum atomic E-state index is -0.539. The van der Waals surface area contributed by atoms with Crippen molar-refractivity contribution >= 4 is 12.1 Å². The Morgan fingerprint density at radius 1 is 1.30 bits per heavy atom. The Labute approximate surface area is 118 Å². The second-order valence-corrected chi connectivity index (χ2v) is 4.96. The maximum absolute atomic E-state index is 12.0. The highest BCUT2D eigenvalue weighted by Gasteiger charge is 2.42. The second-order valence-electron chi connectivity index (χ2n) is 4.96. The summed E-state index contributed by atoms with van der Waals surface area (Å²) in [6.45, 7) is 0.197. The quantitative estimate of drug-likeness (QED) is 0.774. The second kappa shape index (κ2) is 6.41. The monoisotopic (exact) mass is 277 g/mol. The summed E-state index contributed by atoms with van der Waals surface area (Å²) in [6.07, 6.45) is 1.38. The van der Waals surface area contributed by atoms with Gasteiger partial charge in [-0.3, -0.25) is 4.90 Å². The number of esters is 1. The van der Waals surface area contributed by atoms with E-state index in [1.54, 1.807) is 7.05 Å². The number of benzene rings is 1. The van der Waals surface area contributed by atoms with Crippen molar-refractivity contribution in [3.05, 3.63) is 35.9 Å². The lowest BCUT2D eigenvalue weighted by Gasteiger charge is -2.25. The molecule has 0 radical (unpaired) electrons. The van der Waals surface area contributed by atoms with E-state index in [4.69, 9.17) is 9.47 Å². The predicted octanol–water partition coefficient (Wildman–Crippen LogP) is 2.21. The molecule has 0 bridgehead atoms. The summed E-state index contributed by atoms with van der Waals surface area (Å²) in [5.41, 5.74) is 0.912. The van der Waals surface area contributed by atoms with Gasteiger partial charge in [0, 0.05) is 7.05 Å². The fourth-order valence-electron chi connectivity index (χ4n) is 2.13. The number of amides is 1. The van der Waals surface area contributed by atoms with Gasteiger partial charge in [0.15, 0.2) is 0 Å². The molecule has 0 saturated heterocycles. The lowest BCUT2D eigenvalue weighted by Crippen LogP contribution is -2.44. The Hall–Kier alpha value is -2.04. The van der Waals surface area contributed by atoms with Gasteiger partial charge in [-0.05, 0) is 24.3 Å². The number of nitrogens with zero attached hydrogens (tertiary/aromatic N) is 1. The van der Waals surface area contributed by atoms with Crippen molar-refractivity contribution in [1.29, 1.82) is 0 Å². The maximum atomic E-state index is 12.0. The maximum Gasteiger partial charge on any atom is 0.410 e. The summed E-state index contributed by atoms with van der Waals surface area (Å²) >= 11 is 0. The number of methoxy groups -OCH3 is 1. The van der Waals surface area contributed by atoms with Gasteiger partial charge in [-0.1, -0.05) is 30.3 Å². The summed E-state index contributed by atoms with van der Waals surface area (Å²) in [7, 11) is 2.91. The third-order valence-electron chi connectivity index (χ3n) is 3.42. The molecule has 0 N–H and O–H groups in total. The van der Waals surface area contributed by atoms with Gasteiger partial charge < -0.3 is 9.47 Å². The Morgan fingerprint density at radius 3 is 2.50 bits per heavy atom. The molecule has 1 aromatic rings. The molecule has 5 nitrogen and oxygen atoms in total. The molecule has 2 rings (SSSR count). The minimum Gasteiger partial charge on any atom is -0.467 e. The number of carbonyl (C=O) groups excluding carboxylic acids is 2. The van der Waals surface area contributed by atoms with Gasteiger partial charge in [-0.2, -0.15) is 0 Å². The van der Waals surface area contributed by atoms with Crippen LogP contribution in [-0.2, 0) is 20.9 Å². The van der Waals surface area contributed by atoms with Crippen LogP contribution in [-0.4, -0.2) is 37.2 Å². The van der Waals surface area contributed by atoms with Crippen molar-refractivity contribution in [1.82, 2.24) is 4.90 Å². The van der Waals surface area contributed by atoms with Crippen LogP contribution in [0, 0.1) is 5.92 Å². The van der Waals surface area contributed by atoms with Gasteiger partial charge >= 0.3 is 12.1 Å². The fourth-order valence-corrected chi connectivity index (χ4v) is 2.13. The highest BCUT2D eigenvalue weighted by atomic mass is 16.6. The average Bonchev–Trinajstić information content (AvgIpc) is 3.30. The molecule has 20 heavy (non-hydrogen) atoms. The van der Waals surface area contributed by atoms with Crippen molar-refractivity contribution in [2.45, 2.75) is 25.5 Å². The molecule has 108 valence electrons. The van der Waals surface area contributed by atoms with Crippen LogP contribution in [0.25, 0.3) is 0 Å². The van der Waals surface area contributed by atoms with Crippen LogP contribution in [0.2, 0.25) is 0 Å². The van der Waals surface area contributed by atoms with Gasteiger partial charge in [0.2, 0.25) is 0 Å². The summed E-state index contributed by atoms with van der Waals surface area (Å²) in [6, 6.07) is 8.89. The zero-order valence-electron chi connectivity index (χ0n) is 11.7. The molecule has 1 aromatic carbocycles. The summed E-state index contributed by atoms with van der Waals surface area (Å²) in [5.74, 6) is -0.191. The predicted molar refractivity (Wildman–Crippen MR) is 72.9 cm³/mol. The van der Waals surface area contributed by atoms with Crippen LogP contribution in [0.1, 0.15) is 18.4 Å². The van der Waals surface area contributed by atoms with Crippen LogP contribution < -0.4 is 0 Å². The molecule has 5 heteroatoms. The van der Waals surface area contributed by atoms with E-state index in [-0.39, 0.29) is 18.5 Å². The van der Waals surface area contributed by atoms with Gasteiger partial charge in [-0.15, -0.1) is 0 Å². The SMILES string of the molecule is COC(=O)C(C1CC1)N(C)C(=O)OCc1ccccc1. The largest absolute Gasteiger partial charge is 0.467 e. The number of hydrogen-bond donors (Lipinski definition) is 0.